The number of methoxy groups -OCH3 is 1. The molecule has 1 aromatic rings. The number of benzene rings is 1. The van der Waals surface area contributed by atoms with Crippen LogP contribution in [0.25, 0.3) is 0 Å². The molecule has 0 saturated heterocycles. The number of amides is 1. The van der Waals surface area contributed by atoms with Gasteiger partial charge in [0.05, 0.1) is 13.5 Å². The van der Waals surface area contributed by atoms with Gasteiger partial charge in [0.15, 0.2) is 0 Å². The third-order valence-corrected chi connectivity index (χ3v) is 2.29. The van der Waals surface area contributed by atoms with E-state index in [0.29, 0.717) is 6.42 Å². The summed E-state index contributed by atoms with van der Waals surface area (Å²) in [6, 6.07) is 6.02. The number of carbonyl (C=O) groups excluding carboxylic acids is 1. The number of ether oxygens (including phenoxy) is 1. The predicted molar refractivity (Wildman–Crippen MR) is 64.7 cm³/mol. The zero-order chi connectivity index (χ0) is 12.1. The average molecular weight is 221 g/mol. The van der Waals surface area contributed by atoms with E-state index in [1.165, 1.54) is 0 Å². The van der Waals surface area contributed by atoms with E-state index in [1.54, 1.807) is 7.11 Å². The van der Waals surface area contributed by atoms with Crippen LogP contribution < -0.4 is 10.1 Å². The van der Waals surface area contributed by atoms with E-state index in [-0.39, 0.29) is 11.9 Å². The van der Waals surface area contributed by atoms with E-state index < -0.39 is 0 Å². The van der Waals surface area contributed by atoms with Gasteiger partial charge in [-0.25, -0.2) is 0 Å². The minimum absolute atomic E-state index is 0.0425. The Morgan fingerprint density at radius 3 is 2.69 bits per heavy atom. The number of nitrogens with one attached hydrogen (secondary N) is 1. The summed E-state index contributed by atoms with van der Waals surface area (Å²) in [7, 11) is 1.64. The topological polar surface area (TPSA) is 38.3 Å². The SMILES string of the molecule is COc1cc(CC(=O)NC(C)C)ccc1C. The fourth-order valence-electron chi connectivity index (χ4n) is 1.53. The number of aryl methyl sites for hydroxylation is 1. The fourth-order valence-corrected chi connectivity index (χ4v) is 1.53. The molecule has 3 heteroatoms. The fraction of sp³-hybridized carbons (Fsp3) is 0.462. The summed E-state index contributed by atoms with van der Waals surface area (Å²) < 4.78 is 5.22. The monoisotopic (exact) mass is 221 g/mol. The molecule has 1 rings (SSSR count). The highest BCUT2D eigenvalue weighted by molar-refractivity contribution is 5.78. The molecule has 0 atom stereocenters. The lowest BCUT2D eigenvalue weighted by atomic mass is 10.1. The predicted octanol–water partition coefficient (Wildman–Crippen LogP) is 2.07. The van der Waals surface area contributed by atoms with Gasteiger partial charge in [-0.3, -0.25) is 4.79 Å². The van der Waals surface area contributed by atoms with E-state index in [1.807, 2.05) is 39.0 Å². The molecule has 0 aliphatic rings. The van der Waals surface area contributed by atoms with Crippen molar-refractivity contribution in [1.29, 1.82) is 0 Å². The highest BCUT2D eigenvalue weighted by Gasteiger charge is 2.06. The van der Waals surface area contributed by atoms with Crippen molar-refractivity contribution in [3.8, 4) is 5.75 Å². The van der Waals surface area contributed by atoms with Crippen molar-refractivity contribution in [2.45, 2.75) is 33.2 Å². The lowest BCUT2D eigenvalue weighted by Crippen LogP contribution is -2.31. The Balaban J connectivity index is 2.71. The van der Waals surface area contributed by atoms with Crippen molar-refractivity contribution in [1.82, 2.24) is 5.32 Å². The van der Waals surface area contributed by atoms with Crippen molar-refractivity contribution < 1.29 is 9.53 Å². The molecule has 1 N–H and O–H groups in total. The summed E-state index contributed by atoms with van der Waals surface area (Å²) in [5.41, 5.74) is 2.05. The molecule has 0 saturated carbocycles. The van der Waals surface area contributed by atoms with Gasteiger partial charge in [-0.1, -0.05) is 12.1 Å². The summed E-state index contributed by atoms with van der Waals surface area (Å²) in [4.78, 5) is 11.6. The van der Waals surface area contributed by atoms with E-state index in [0.717, 1.165) is 16.9 Å². The van der Waals surface area contributed by atoms with Crippen LogP contribution in [-0.2, 0) is 11.2 Å². The maximum absolute atomic E-state index is 11.6. The largest absolute Gasteiger partial charge is 0.496 e. The number of hydrogen-bond acceptors (Lipinski definition) is 2. The van der Waals surface area contributed by atoms with E-state index in [9.17, 15) is 4.79 Å². The summed E-state index contributed by atoms with van der Waals surface area (Å²) in [5.74, 6) is 0.871. The molecular weight excluding hydrogens is 202 g/mol. The standard InChI is InChI=1S/C13H19NO2/c1-9(2)14-13(15)8-11-6-5-10(3)12(7-11)16-4/h5-7,9H,8H2,1-4H3,(H,14,15). The first-order chi connectivity index (χ1) is 7.52. The van der Waals surface area contributed by atoms with E-state index in [2.05, 4.69) is 5.32 Å². The molecule has 0 radical (unpaired) electrons. The summed E-state index contributed by atoms with van der Waals surface area (Å²) in [5, 5.41) is 2.86. The van der Waals surface area contributed by atoms with Crippen molar-refractivity contribution in [3.63, 3.8) is 0 Å². The van der Waals surface area contributed by atoms with Crippen molar-refractivity contribution in [2.24, 2.45) is 0 Å². The molecule has 1 amide bonds. The number of rotatable bonds is 4. The zero-order valence-electron chi connectivity index (χ0n) is 10.3. The van der Waals surface area contributed by atoms with Gasteiger partial charge in [0.2, 0.25) is 5.91 Å². The molecule has 88 valence electrons. The van der Waals surface area contributed by atoms with Gasteiger partial charge in [0.1, 0.15) is 5.75 Å². The lowest BCUT2D eigenvalue weighted by molar-refractivity contribution is -0.120. The first-order valence-corrected chi connectivity index (χ1v) is 5.46. The molecule has 0 aliphatic carbocycles. The van der Waals surface area contributed by atoms with Crippen LogP contribution in [0, 0.1) is 6.92 Å². The van der Waals surface area contributed by atoms with Gasteiger partial charge >= 0.3 is 0 Å². The molecule has 1 aromatic carbocycles. The number of hydrogen-bond donors (Lipinski definition) is 1. The second-order valence-corrected chi connectivity index (χ2v) is 4.20. The van der Waals surface area contributed by atoms with Crippen LogP contribution >= 0.6 is 0 Å². The smallest absolute Gasteiger partial charge is 0.224 e. The van der Waals surface area contributed by atoms with Crippen molar-refractivity contribution in [2.75, 3.05) is 7.11 Å². The third-order valence-electron chi connectivity index (χ3n) is 2.29. The lowest BCUT2D eigenvalue weighted by Gasteiger charge is -2.10. The molecule has 0 aliphatic heterocycles. The van der Waals surface area contributed by atoms with Crippen molar-refractivity contribution in [3.05, 3.63) is 29.3 Å². The van der Waals surface area contributed by atoms with E-state index >= 15 is 0 Å². The Morgan fingerprint density at radius 1 is 1.44 bits per heavy atom. The molecule has 3 nitrogen and oxygen atoms in total. The van der Waals surface area contributed by atoms with Gasteiger partial charge in [0.25, 0.3) is 0 Å². The normalized spacial score (nSPS) is 10.3. The highest BCUT2D eigenvalue weighted by atomic mass is 16.5. The van der Waals surface area contributed by atoms with Gasteiger partial charge < -0.3 is 10.1 Å². The Bertz CT molecular complexity index is 372. The summed E-state index contributed by atoms with van der Waals surface area (Å²) >= 11 is 0. The summed E-state index contributed by atoms with van der Waals surface area (Å²) in [6.45, 7) is 5.89. The van der Waals surface area contributed by atoms with E-state index in [4.69, 9.17) is 4.74 Å². The quantitative estimate of drug-likeness (QED) is 0.845. The molecule has 0 aromatic heterocycles. The Kier molecular flexibility index (Phi) is 4.35. The second-order valence-electron chi connectivity index (χ2n) is 4.20. The Labute approximate surface area is 96.8 Å². The zero-order valence-corrected chi connectivity index (χ0v) is 10.3. The maximum atomic E-state index is 11.6. The first-order valence-electron chi connectivity index (χ1n) is 5.46. The van der Waals surface area contributed by atoms with Gasteiger partial charge in [-0.2, -0.15) is 0 Å². The molecule has 16 heavy (non-hydrogen) atoms. The molecular formula is C13H19NO2. The van der Waals surface area contributed by atoms with Crippen LogP contribution in [0.4, 0.5) is 0 Å². The third kappa shape index (κ3) is 3.57. The highest BCUT2D eigenvalue weighted by Crippen LogP contribution is 2.19. The Hall–Kier alpha value is -1.51. The van der Waals surface area contributed by atoms with Crippen LogP contribution in [0.2, 0.25) is 0 Å². The molecule has 0 unspecified atom stereocenters. The molecule has 0 spiro atoms. The minimum Gasteiger partial charge on any atom is -0.496 e. The average Bonchev–Trinajstić information content (AvgIpc) is 2.19. The number of carbonyl (C=O) groups is 1. The van der Waals surface area contributed by atoms with Gasteiger partial charge in [-0.15, -0.1) is 0 Å². The summed E-state index contributed by atoms with van der Waals surface area (Å²) in [6.07, 6.45) is 0.398. The molecule has 0 heterocycles. The van der Waals surface area contributed by atoms with Gasteiger partial charge in [-0.05, 0) is 38.0 Å². The Morgan fingerprint density at radius 2 is 2.12 bits per heavy atom. The maximum Gasteiger partial charge on any atom is 0.224 e. The van der Waals surface area contributed by atoms with Crippen LogP contribution in [0.15, 0.2) is 18.2 Å². The van der Waals surface area contributed by atoms with Crippen LogP contribution in [0.3, 0.4) is 0 Å². The minimum atomic E-state index is 0.0425. The molecule has 0 fully saturated rings. The van der Waals surface area contributed by atoms with Crippen LogP contribution in [-0.4, -0.2) is 19.1 Å². The second kappa shape index (κ2) is 5.54. The van der Waals surface area contributed by atoms with Crippen LogP contribution in [0.5, 0.6) is 5.75 Å². The van der Waals surface area contributed by atoms with Gasteiger partial charge in [0, 0.05) is 6.04 Å². The van der Waals surface area contributed by atoms with Crippen molar-refractivity contribution >= 4 is 5.91 Å². The van der Waals surface area contributed by atoms with Crippen LogP contribution in [0.1, 0.15) is 25.0 Å². The molecule has 0 bridgehead atoms. The first kappa shape index (κ1) is 12.6.